The van der Waals surface area contributed by atoms with Gasteiger partial charge in [-0.2, -0.15) is 5.10 Å². The molecular formula is C19H21F2N3O3. The number of hydrogen-bond acceptors (Lipinski definition) is 5. The van der Waals surface area contributed by atoms with Crippen LogP contribution >= 0.6 is 0 Å². The van der Waals surface area contributed by atoms with Gasteiger partial charge in [-0.05, 0) is 31.9 Å². The molecule has 1 heterocycles. The number of nitrogens with zero attached hydrogens (tertiary/aromatic N) is 2. The van der Waals surface area contributed by atoms with Crippen LogP contribution in [0.1, 0.15) is 64.6 Å². The summed E-state index contributed by atoms with van der Waals surface area (Å²) in [5.74, 6) is -3.62. The van der Waals surface area contributed by atoms with Gasteiger partial charge in [-0.25, -0.2) is 18.3 Å². The number of Topliss-reactive ketones (excluding diaryl/α,β-unsaturated/α-hetero) is 1. The SMILES string of the molecule is Cc1nn(C2CCCCC2)c(N)c1C(=O)OCC(=O)c1c(F)cccc1F. The van der Waals surface area contributed by atoms with Crippen LogP contribution in [-0.2, 0) is 4.74 Å². The Labute approximate surface area is 155 Å². The van der Waals surface area contributed by atoms with E-state index >= 15 is 0 Å². The van der Waals surface area contributed by atoms with Crippen molar-refractivity contribution in [2.45, 2.75) is 45.1 Å². The Morgan fingerprint density at radius 1 is 1.19 bits per heavy atom. The highest BCUT2D eigenvalue weighted by molar-refractivity contribution is 6.01. The van der Waals surface area contributed by atoms with Crippen molar-refractivity contribution in [3.63, 3.8) is 0 Å². The van der Waals surface area contributed by atoms with Gasteiger partial charge in [0.1, 0.15) is 23.0 Å². The molecule has 0 saturated heterocycles. The number of aromatic nitrogens is 2. The number of esters is 1. The molecule has 0 radical (unpaired) electrons. The standard InChI is InChI=1S/C19H21F2N3O3/c1-11-16(18(22)24(23-11)12-6-3-2-4-7-12)19(26)27-10-15(25)17-13(20)8-5-9-14(17)21/h5,8-9,12H,2-4,6-7,10,22H2,1H3. The Balaban J connectivity index is 1.73. The number of carbonyl (C=O) groups is 2. The molecule has 6 nitrogen and oxygen atoms in total. The summed E-state index contributed by atoms with van der Waals surface area (Å²) >= 11 is 0. The summed E-state index contributed by atoms with van der Waals surface area (Å²) in [6.07, 6.45) is 5.19. The molecule has 1 aromatic heterocycles. The van der Waals surface area contributed by atoms with Crippen molar-refractivity contribution in [1.29, 1.82) is 0 Å². The van der Waals surface area contributed by atoms with Gasteiger partial charge in [0.15, 0.2) is 6.61 Å². The number of halogens is 2. The first-order chi connectivity index (χ1) is 12.9. The van der Waals surface area contributed by atoms with E-state index in [2.05, 4.69) is 5.10 Å². The zero-order valence-electron chi connectivity index (χ0n) is 15.0. The minimum Gasteiger partial charge on any atom is -0.454 e. The largest absolute Gasteiger partial charge is 0.454 e. The molecule has 0 amide bonds. The van der Waals surface area contributed by atoms with E-state index in [-0.39, 0.29) is 17.4 Å². The molecule has 1 saturated carbocycles. The predicted octanol–water partition coefficient (Wildman–Crippen LogP) is 3.60. The first-order valence-corrected chi connectivity index (χ1v) is 8.89. The normalized spacial score (nSPS) is 14.9. The average molecular weight is 377 g/mol. The van der Waals surface area contributed by atoms with Crippen LogP contribution in [0.2, 0.25) is 0 Å². The van der Waals surface area contributed by atoms with Gasteiger partial charge in [0.2, 0.25) is 5.78 Å². The van der Waals surface area contributed by atoms with Gasteiger partial charge >= 0.3 is 5.97 Å². The lowest BCUT2D eigenvalue weighted by Gasteiger charge is -2.22. The maximum atomic E-state index is 13.7. The fraction of sp³-hybridized carbons (Fsp3) is 0.421. The Kier molecular flexibility index (Phi) is 5.53. The summed E-state index contributed by atoms with van der Waals surface area (Å²) in [6, 6.07) is 3.22. The Morgan fingerprint density at radius 2 is 1.81 bits per heavy atom. The van der Waals surface area contributed by atoms with Crippen LogP contribution in [-0.4, -0.2) is 28.1 Å². The van der Waals surface area contributed by atoms with Gasteiger partial charge in [-0.3, -0.25) is 4.79 Å². The zero-order chi connectivity index (χ0) is 19.6. The number of aryl methyl sites for hydroxylation is 1. The number of hydrogen-bond donors (Lipinski definition) is 1. The highest BCUT2D eigenvalue weighted by Crippen LogP contribution is 2.31. The van der Waals surface area contributed by atoms with Crippen LogP contribution in [0, 0.1) is 18.6 Å². The quantitative estimate of drug-likeness (QED) is 0.635. The molecule has 1 aliphatic rings. The molecule has 0 spiro atoms. The first kappa shape index (κ1) is 19.0. The number of nitrogens with two attached hydrogens (primary N) is 1. The summed E-state index contributed by atoms with van der Waals surface area (Å²) in [7, 11) is 0. The van der Waals surface area contributed by atoms with E-state index < -0.39 is 35.6 Å². The molecule has 0 unspecified atom stereocenters. The Morgan fingerprint density at radius 3 is 2.44 bits per heavy atom. The zero-order valence-corrected chi connectivity index (χ0v) is 15.0. The molecule has 2 aromatic rings. The second-order valence-corrected chi connectivity index (χ2v) is 6.68. The van der Waals surface area contributed by atoms with Crippen molar-refractivity contribution >= 4 is 17.6 Å². The summed E-state index contributed by atoms with van der Waals surface area (Å²) in [4.78, 5) is 24.4. The molecular weight excluding hydrogens is 356 g/mol. The van der Waals surface area contributed by atoms with E-state index in [1.54, 1.807) is 11.6 Å². The predicted molar refractivity (Wildman–Crippen MR) is 94.5 cm³/mol. The van der Waals surface area contributed by atoms with Crippen LogP contribution < -0.4 is 5.73 Å². The number of benzene rings is 1. The molecule has 0 aliphatic heterocycles. The van der Waals surface area contributed by atoms with E-state index in [1.807, 2.05) is 0 Å². The topological polar surface area (TPSA) is 87.2 Å². The smallest absolute Gasteiger partial charge is 0.344 e. The van der Waals surface area contributed by atoms with Gasteiger partial charge in [0.25, 0.3) is 0 Å². The fourth-order valence-electron chi connectivity index (χ4n) is 3.46. The highest BCUT2D eigenvalue weighted by Gasteiger charge is 2.27. The molecule has 1 aliphatic carbocycles. The minimum absolute atomic E-state index is 0.0855. The van der Waals surface area contributed by atoms with E-state index in [1.165, 1.54) is 6.42 Å². The van der Waals surface area contributed by atoms with Crippen LogP contribution in [0.15, 0.2) is 18.2 Å². The number of anilines is 1. The lowest BCUT2D eigenvalue weighted by Crippen LogP contribution is -2.19. The van der Waals surface area contributed by atoms with Crippen molar-refractivity contribution in [3.8, 4) is 0 Å². The molecule has 3 rings (SSSR count). The average Bonchev–Trinajstić information content (AvgIpc) is 2.94. The maximum absolute atomic E-state index is 13.7. The molecule has 8 heteroatoms. The van der Waals surface area contributed by atoms with Crippen molar-refractivity contribution in [2.24, 2.45) is 0 Å². The van der Waals surface area contributed by atoms with Crippen LogP contribution in [0.4, 0.5) is 14.6 Å². The lowest BCUT2D eigenvalue weighted by atomic mass is 9.96. The summed E-state index contributed by atoms with van der Waals surface area (Å²) in [6.45, 7) is 0.842. The third-order valence-electron chi connectivity index (χ3n) is 4.82. The van der Waals surface area contributed by atoms with Gasteiger partial charge < -0.3 is 10.5 Å². The van der Waals surface area contributed by atoms with E-state index in [9.17, 15) is 18.4 Å². The molecule has 27 heavy (non-hydrogen) atoms. The molecule has 1 fully saturated rings. The number of nitrogen functional groups attached to an aromatic ring is 1. The van der Waals surface area contributed by atoms with E-state index in [0.717, 1.165) is 43.9 Å². The lowest BCUT2D eigenvalue weighted by molar-refractivity contribution is 0.0472. The molecule has 0 bridgehead atoms. The summed E-state index contributed by atoms with van der Waals surface area (Å²) in [5, 5.41) is 4.35. The van der Waals surface area contributed by atoms with Crippen LogP contribution in [0.3, 0.4) is 0 Å². The molecule has 1 aromatic carbocycles. The second-order valence-electron chi connectivity index (χ2n) is 6.68. The number of carbonyl (C=O) groups excluding carboxylic acids is 2. The number of rotatable bonds is 5. The second kappa shape index (κ2) is 7.85. The van der Waals surface area contributed by atoms with Crippen LogP contribution in [0.5, 0.6) is 0 Å². The van der Waals surface area contributed by atoms with Crippen molar-refractivity contribution in [3.05, 3.63) is 46.7 Å². The van der Waals surface area contributed by atoms with Crippen LogP contribution in [0.25, 0.3) is 0 Å². The maximum Gasteiger partial charge on any atom is 0.344 e. The van der Waals surface area contributed by atoms with Crippen molar-refractivity contribution < 1.29 is 23.1 Å². The van der Waals surface area contributed by atoms with Gasteiger partial charge in [0, 0.05) is 0 Å². The number of ketones is 1. The van der Waals surface area contributed by atoms with Crippen molar-refractivity contribution in [1.82, 2.24) is 9.78 Å². The van der Waals surface area contributed by atoms with Gasteiger partial charge in [-0.15, -0.1) is 0 Å². The minimum atomic E-state index is -1.00. The van der Waals surface area contributed by atoms with E-state index in [0.29, 0.717) is 5.69 Å². The van der Waals surface area contributed by atoms with Gasteiger partial charge in [0.05, 0.1) is 17.3 Å². The summed E-state index contributed by atoms with van der Waals surface area (Å²) < 4.78 is 33.9. The molecule has 2 N–H and O–H groups in total. The molecule has 0 atom stereocenters. The summed E-state index contributed by atoms with van der Waals surface area (Å²) in [5.41, 5.74) is 5.85. The van der Waals surface area contributed by atoms with Gasteiger partial charge in [-0.1, -0.05) is 25.3 Å². The Hall–Kier alpha value is -2.77. The monoisotopic (exact) mass is 377 g/mol. The third kappa shape index (κ3) is 3.84. The third-order valence-corrected chi connectivity index (χ3v) is 4.82. The Bertz CT molecular complexity index is 853. The fourth-order valence-corrected chi connectivity index (χ4v) is 3.46. The van der Waals surface area contributed by atoms with E-state index in [4.69, 9.17) is 10.5 Å². The number of ether oxygens (including phenoxy) is 1. The molecule has 144 valence electrons. The highest BCUT2D eigenvalue weighted by atomic mass is 19.1. The van der Waals surface area contributed by atoms with Crippen molar-refractivity contribution in [2.75, 3.05) is 12.3 Å². The first-order valence-electron chi connectivity index (χ1n) is 8.89.